The fourth-order valence-electron chi connectivity index (χ4n) is 3.12. The molecule has 2 aromatic carbocycles. The molecule has 0 spiro atoms. The van der Waals surface area contributed by atoms with Gasteiger partial charge in [-0.1, -0.05) is 36.7 Å². The van der Waals surface area contributed by atoms with Crippen LogP contribution >= 0.6 is 11.6 Å². The minimum Gasteiger partial charge on any atom is -0.484 e. The summed E-state index contributed by atoms with van der Waals surface area (Å²) >= 11 is 6.10. The second kappa shape index (κ2) is 11.0. The first-order chi connectivity index (χ1) is 14.2. The largest absolute Gasteiger partial charge is 0.484 e. The van der Waals surface area contributed by atoms with Crippen molar-refractivity contribution >= 4 is 23.4 Å². The first-order valence-electron chi connectivity index (χ1n) is 10.2. The van der Waals surface area contributed by atoms with Crippen molar-refractivity contribution in [3.8, 4) is 5.75 Å². The summed E-state index contributed by atoms with van der Waals surface area (Å²) in [6.45, 7) is 9.76. The smallest absolute Gasteiger partial charge is 0.261 e. The van der Waals surface area contributed by atoms with Gasteiger partial charge in [0.15, 0.2) is 6.61 Å². The molecule has 162 valence electrons. The van der Waals surface area contributed by atoms with Gasteiger partial charge in [0.05, 0.1) is 0 Å². The number of rotatable bonds is 9. The molecular formula is C24H31ClN2O3. The Morgan fingerprint density at radius 1 is 1.10 bits per heavy atom. The van der Waals surface area contributed by atoms with Crippen molar-refractivity contribution in [2.24, 2.45) is 0 Å². The van der Waals surface area contributed by atoms with Gasteiger partial charge in [-0.3, -0.25) is 9.59 Å². The quantitative estimate of drug-likeness (QED) is 0.629. The summed E-state index contributed by atoms with van der Waals surface area (Å²) in [7, 11) is 0. The summed E-state index contributed by atoms with van der Waals surface area (Å²) in [5, 5.41) is 3.54. The van der Waals surface area contributed by atoms with Gasteiger partial charge in [0.1, 0.15) is 11.8 Å². The average Bonchev–Trinajstić information content (AvgIpc) is 2.69. The average molecular weight is 431 g/mol. The Labute approximate surface area is 184 Å². The van der Waals surface area contributed by atoms with Crippen LogP contribution in [0.5, 0.6) is 5.75 Å². The molecule has 0 aliphatic heterocycles. The fourth-order valence-corrected chi connectivity index (χ4v) is 3.34. The number of carbonyl (C=O) groups excluding carboxylic acids is 2. The lowest BCUT2D eigenvalue weighted by Crippen LogP contribution is -2.50. The Morgan fingerprint density at radius 3 is 2.37 bits per heavy atom. The van der Waals surface area contributed by atoms with E-state index in [0.29, 0.717) is 10.8 Å². The van der Waals surface area contributed by atoms with Gasteiger partial charge in [-0.05, 0) is 75.1 Å². The van der Waals surface area contributed by atoms with Gasteiger partial charge in [0.25, 0.3) is 5.91 Å². The van der Waals surface area contributed by atoms with Crippen LogP contribution in [0.15, 0.2) is 42.5 Å². The summed E-state index contributed by atoms with van der Waals surface area (Å²) in [5.41, 5.74) is 2.98. The van der Waals surface area contributed by atoms with Gasteiger partial charge in [0.2, 0.25) is 5.91 Å². The van der Waals surface area contributed by atoms with E-state index in [9.17, 15) is 9.59 Å². The van der Waals surface area contributed by atoms with E-state index in [1.165, 1.54) is 4.90 Å². The van der Waals surface area contributed by atoms with Crippen molar-refractivity contribution in [2.45, 2.75) is 59.7 Å². The van der Waals surface area contributed by atoms with Crippen molar-refractivity contribution in [1.82, 2.24) is 10.2 Å². The van der Waals surface area contributed by atoms with Crippen molar-refractivity contribution in [1.29, 1.82) is 0 Å². The first kappa shape index (κ1) is 23.7. The van der Waals surface area contributed by atoms with E-state index < -0.39 is 6.04 Å². The molecule has 1 N–H and O–H groups in total. The van der Waals surface area contributed by atoms with Gasteiger partial charge in [0, 0.05) is 17.6 Å². The molecule has 0 unspecified atom stereocenters. The zero-order chi connectivity index (χ0) is 22.3. The monoisotopic (exact) mass is 430 g/mol. The molecule has 0 aliphatic rings. The zero-order valence-corrected chi connectivity index (χ0v) is 19.1. The van der Waals surface area contributed by atoms with Gasteiger partial charge in [-0.15, -0.1) is 0 Å². The van der Waals surface area contributed by atoms with E-state index in [1.807, 2.05) is 58.0 Å². The standard InChI is InChI=1S/C24H31ClN2O3/c1-6-18(4)26-24(29)19(5)27(14-20-8-7-9-21(25)13-20)23(28)15-30-22-11-16(2)10-17(3)12-22/h7-13,18-19H,6,14-15H2,1-5H3,(H,26,29)/t18-,19+/m0/s1. The predicted octanol–water partition coefficient (Wildman–Crippen LogP) is 4.67. The van der Waals surface area contributed by atoms with Crippen LogP contribution in [0.3, 0.4) is 0 Å². The molecule has 2 amide bonds. The number of halogens is 1. The highest BCUT2D eigenvalue weighted by atomic mass is 35.5. The summed E-state index contributed by atoms with van der Waals surface area (Å²) < 4.78 is 5.76. The number of nitrogens with zero attached hydrogens (tertiary/aromatic N) is 1. The second-order valence-corrected chi connectivity index (χ2v) is 8.19. The normalized spacial score (nSPS) is 12.7. The second-order valence-electron chi connectivity index (χ2n) is 7.76. The molecule has 0 aromatic heterocycles. The predicted molar refractivity (Wildman–Crippen MR) is 121 cm³/mol. The molecule has 0 bridgehead atoms. The molecular weight excluding hydrogens is 400 g/mol. The summed E-state index contributed by atoms with van der Waals surface area (Å²) in [4.78, 5) is 27.3. The molecule has 2 rings (SSSR count). The molecule has 2 atom stereocenters. The maximum Gasteiger partial charge on any atom is 0.261 e. The number of amides is 2. The Bertz CT molecular complexity index is 864. The van der Waals surface area contributed by atoms with Crippen LogP contribution in [0.4, 0.5) is 0 Å². The van der Waals surface area contributed by atoms with Crippen LogP contribution in [0, 0.1) is 13.8 Å². The highest BCUT2D eigenvalue weighted by Crippen LogP contribution is 2.18. The van der Waals surface area contributed by atoms with Crippen molar-refractivity contribution < 1.29 is 14.3 Å². The van der Waals surface area contributed by atoms with Crippen LogP contribution in [0.2, 0.25) is 5.02 Å². The SMILES string of the molecule is CC[C@H](C)NC(=O)[C@@H](C)N(Cc1cccc(Cl)c1)C(=O)COc1cc(C)cc(C)c1. The highest BCUT2D eigenvalue weighted by Gasteiger charge is 2.27. The summed E-state index contributed by atoms with van der Waals surface area (Å²) in [6.07, 6.45) is 0.816. The number of hydrogen-bond acceptors (Lipinski definition) is 3. The van der Waals surface area contributed by atoms with Crippen LogP contribution < -0.4 is 10.1 Å². The van der Waals surface area contributed by atoms with E-state index in [2.05, 4.69) is 5.32 Å². The van der Waals surface area contributed by atoms with Gasteiger partial charge < -0.3 is 15.0 Å². The third-order valence-electron chi connectivity index (χ3n) is 4.97. The Balaban J connectivity index is 2.17. The molecule has 6 heteroatoms. The fraction of sp³-hybridized carbons (Fsp3) is 0.417. The maximum atomic E-state index is 13.1. The van der Waals surface area contributed by atoms with Gasteiger partial charge in [-0.2, -0.15) is 0 Å². The van der Waals surface area contributed by atoms with E-state index >= 15 is 0 Å². The lowest BCUT2D eigenvalue weighted by atomic mass is 10.1. The lowest BCUT2D eigenvalue weighted by Gasteiger charge is -2.29. The topological polar surface area (TPSA) is 58.6 Å². The molecule has 0 fully saturated rings. The van der Waals surface area contributed by atoms with Crippen molar-refractivity contribution in [3.05, 3.63) is 64.2 Å². The number of ether oxygens (including phenoxy) is 1. The van der Waals surface area contributed by atoms with Crippen LogP contribution in [0.25, 0.3) is 0 Å². The molecule has 0 saturated heterocycles. The summed E-state index contributed by atoms with van der Waals surface area (Å²) in [5.74, 6) is 0.187. The van der Waals surface area contributed by atoms with E-state index in [4.69, 9.17) is 16.3 Å². The minimum atomic E-state index is -0.645. The highest BCUT2D eigenvalue weighted by molar-refractivity contribution is 6.30. The zero-order valence-electron chi connectivity index (χ0n) is 18.4. The maximum absolute atomic E-state index is 13.1. The molecule has 0 saturated carbocycles. The van der Waals surface area contributed by atoms with E-state index in [-0.39, 0.29) is 31.0 Å². The van der Waals surface area contributed by atoms with E-state index in [1.54, 1.807) is 19.1 Å². The minimum absolute atomic E-state index is 0.0367. The Hall–Kier alpha value is -2.53. The number of hydrogen-bond donors (Lipinski definition) is 1. The van der Waals surface area contributed by atoms with Crippen LogP contribution in [0.1, 0.15) is 43.9 Å². The Morgan fingerprint density at radius 2 is 1.77 bits per heavy atom. The van der Waals surface area contributed by atoms with Gasteiger partial charge in [-0.25, -0.2) is 0 Å². The van der Waals surface area contributed by atoms with Crippen molar-refractivity contribution in [2.75, 3.05) is 6.61 Å². The molecule has 0 heterocycles. The molecule has 5 nitrogen and oxygen atoms in total. The van der Waals surface area contributed by atoms with Crippen molar-refractivity contribution in [3.63, 3.8) is 0 Å². The number of carbonyl (C=O) groups is 2. The Kier molecular flexibility index (Phi) is 8.72. The molecule has 0 radical (unpaired) electrons. The molecule has 2 aromatic rings. The lowest BCUT2D eigenvalue weighted by molar-refractivity contribution is -0.142. The van der Waals surface area contributed by atoms with E-state index in [0.717, 1.165) is 23.1 Å². The number of aryl methyl sites for hydroxylation is 2. The summed E-state index contributed by atoms with van der Waals surface area (Å²) in [6, 6.07) is 12.5. The third-order valence-corrected chi connectivity index (χ3v) is 5.20. The number of benzene rings is 2. The van der Waals surface area contributed by atoms with Crippen LogP contribution in [-0.2, 0) is 16.1 Å². The van der Waals surface area contributed by atoms with Crippen LogP contribution in [-0.4, -0.2) is 35.4 Å². The molecule has 30 heavy (non-hydrogen) atoms. The van der Waals surface area contributed by atoms with Gasteiger partial charge >= 0.3 is 0 Å². The molecule has 0 aliphatic carbocycles. The third kappa shape index (κ3) is 7.06. The number of nitrogens with one attached hydrogen (secondary N) is 1. The first-order valence-corrected chi connectivity index (χ1v) is 10.6.